The maximum absolute atomic E-state index is 11.8. The second-order valence-electron chi connectivity index (χ2n) is 5.09. The number of hydrogen-bond acceptors (Lipinski definition) is 4. The summed E-state index contributed by atoms with van der Waals surface area (Å²) in [4.78, 5) is 25.1. The molecule has 2 unspecified atom stereocenters. The van der Waals surface area contributed by atoms with Gasteiger partial charge in [-0.25, -0.2) is 0 Å². The van der Waals surface area contributed by atoms with Gasteiger partial charge in [0.1, 0.15) is 0 Å². The fourth-order valence-corrected chi connectivity index (χ4v) is 2.20. The van der Waals surface area contributed by atoms with Crippen LogP contribution >= 0.6 is 0 Å². The standard InChI is InChI=1S/C13H25N3O3/c1-10(9-16-7-3-6-12(16)17)15-13(18)11(14)5-4-8-19-2/h10-11H,3-9,14H2,1-2H3,(H,15,18). The Hall–Kier alpha value is -1.14. The SMILES string of the molecule is COCCCC(N)C(=O)NC(C)CN1CCCC1=O. The first-order valence-corrected chi connectivity index (χ1v) is 6.87. The first kappa shape index (κ1) is 15.9. The van der Waals surface area contributed by atoms with E-state index in [4.69, 9.17) is 10.5 Å². The first-order valence-electron chi connectivity index (χ1n) is 6.87. The predicted molar refractivity (Wildman–Crippen MR) is 72.5 cm³/mol. The average molecular weight is 271 g/mol. The van der Waals surface area contributed by atoms with Gasteiger partial charge < -0.3 is 20.7 Å². The van der Waals surface area contributed by atoms with Gasteiger partial charge in [0.05, 0.1) is 6.04 Å². The lowest BCUT2D eigenvalue weighted by molar-refractivity contribution is -0.129. The molecule has 1 aliphatic heterocycles. The topological polar surface area (TPSA) is 84.7 Å². The summed E-state index contributed by atoms with van der Waals surface area (Å²) in [5, 5.41) is 2.86. The van der Waals surface area contributed by atoms with Crippen LogP contribution in [0, 0.1) is 0 Å². The van der Waals surface area contributed by atoms with Gasteiger partial charge in [-0.1, -0.05) is 0 Å². The lowest BCUT2D eigenvalue weighted by Crippen LogP contribution is -2.48. The number of rotatable bonds is 8. The van der Waals surface area contributed by atoms with Gasteiger partial charge >= 0.3 is 0 Å². The predicted octanol–water partition coefficient (Wildman–Crippen LogP) is -0.133. The molecule has 1 aliphatic rings. The number of carbonyl (C=O) groups excluding carboxylic acids is 2. The van der Waals surface area contributed by atoms with E-state index in [0.717, 1.165) is 19.4 Å². The summed E-state index contributed by atoms with van der Waals surface area (Å²) in [6.07, 6.45) is 2.91. The molecule has 0 aromatic carbocycles. The van der Waals surface area contributed by atoms with Crippen molar-refractivity contribution < 1.29 is 14.3 Å². The molecule has 1 saturated heterocycles. The number of ether oxygens (including phenoxy) is 1. The Bertz CT molecular complexity index is 310. The highest BCUT2D eigenvalue weighted by molar-refractivity contribution is 5.82. The van der Waals surface area contributed by atoms with Crippen LogP contribution in [0.3, 0.4) is 0 Å². The Morgan fingerprint density at radius 3 is 2.89 bits per heavy atom. The highest BCUT2D eigenvalue weighted by Crippen LogP contribution is 2.09. The number of likely N-dealkylation sites (tertiary alicyclic amines) is 1. The highest BCUT2D eigenvalue weighted by Gasteiger charge is 2.23. The molecular weight excluding hydrogens is 246 g/mol. The van der Waals surface area contributed by atoms with E-state index in [9.17, 15) is 9.59 Å². The summed E-state index contributed by atoms with van der Waals surface area (Å²) in [6, 6.07) is -0.574. The van der Waals surface area contributed by atoms with Crippen molar-refractivity contribution in [1.82, 2.24) is 10.2 Å². The molecule has 0 aromatic heterocycles. The monoisotopic (exact) mass is 271 g/mol. The molecular formula is C13H25N3O3. The van der Waals surface area contributed by atoms with Gasteiger partial charge in [0.2, 0.25) is 11.8 Å². The molecule has 0 aromatic rings. The van der Waals surface area contributed by atoms with Crippen LogP contribution in [0.2, 0.25) is 0 Å². The smallest absolute Gasteiger partial charge is 0.237 e. The van der Waals surface area contributed by atoms with Crippen LogP contribution in [-0.4, -0.2) is 55.6 Å². The molecule has 0 spiro atoms. The van der Waals surface area contributed by atoms with E-state index < -0.39 is 6.04 Å². The maximum Gasteiger partial charge on any atom is 0.237 e. The Labute approximate surface area is 114 Å². The van der Waals surface area contributed by atoms with Crippen LogP contribution in [0.15, 0.2) is 0 Å². The number of hydrogen-bond donors (Lipinski definition) is 2. The zero-order chi connectivity index (χ0) is 14.3. The Morgan fingerprint density at radius 1 is 1.58 bits per heavy atom. The van der Waals surface area contributed by atoms with Crippen molar-refractivity contribution in [2.45, 2.75) is 44.7 Å². The van der Waals surface area contributed by atoms with Gasteiger partial charge in [-0.3, -0.25) is 9.59 Å². The molecule has 0 radical (unpaired) electrons. The van der Waals surface area contributed by atoms with Crippen molar-refractivity contribution in [2.75, 3.05) is 26.8 Å². The van der Waals surface area contributed by atoms with Crippen LogP contribution in [0.1, 0.15) is 32.6 Å². The Kier molecular flexibility index (Phi) is 6.80. The lowest BCUT2D eigenvalue weighted by Gasteiger charge is -2.23. The minimum atomic E-state index is -0.508. The van der Waals surface area contributed by atoms with Crippen LogP contribution in [0.4, 0.5) is 0 Å². The second-order valence-corrected chi connectivity index (χ2v) is 5.09. The third kappa shape index (κ3) is 5.57. The van der Waals surface area contributed by atoms with Crippen molar-refractivity contribution in [3.63, 3.8) is 0 Å². The van der Waals surface area contributed by atoms with Gasteiger partial charge in [0.15, 0.2) is 0 Å². The quantitative estimate of drug-likeness (QED) is 0.602. The molecule has 2 atom stereocenters. The molecule has 6 nitrogen and oxygen atoms in total. The summed E-state index contributed by atoms with van der Waals surface area (Å²) in [5.41, 5.74) is 5.79. The molecule has 0 saturated carbocycles. The molecule has 19 heavy (non-hydrogen) atoms. The molecule has 1 heterocycles. The summed E-state index contributed by atoms with van der Waals surface area (Å²) in [7, 11) is 1.63. The largest absolute Gasteiger partial charge is 0.385 e. The molecule has 1 rings (SSSR count). The molecule has 2 amide bonds. The van der Waals surface area contributed by atoms with Crippen molar-refractivity contribution in [3.8, 4) is 0 Å². The van der Waals surface area contributed by atoms with Crippen LogP contribution in [-0.2, 0) is 14.3 Å². The van der Waals surface area contributed by atoms with Crippen molar-refractivity contribution in [1.29, 1.82) is 0 Å². The van der Waals surface area contributed by atoms with Gasteiger partial charge in [0, 0.05) is 39.3 Å². The van der Waals surface area contributed by atoms with Crippen LogP contribution in [0.25, 0.3) is 0 Å². The Morgan fingerprint density at radius 2 is 2.32 bits per heavy atom. The lowest BCUT2D eigenvalue weighted by atomic mass is 10.1. The minimum absolute atomic E-state index is 0.0666. The minimum Gasteiger partial charge on any atom is -0.385 e. The van der Waals surface area contributed by atoms with Gasteiger partial charge in [-0.05, 0) is 26.2 Å². The number of amides is 2. The zero-order valence-electron chi connectivity index (χ0n) is 11.9. The molecule has 6 heteroatoms. The molecule has 1 fully saturated rings. The number of nitrogens with two attached hydrogens (primary N) is 1. The summed E-state index contributed by atoms with van der Waals surface area (Å²) >= 11 is 0. The third-order valence-corrected chi connectivity index (χ3v) is 3.25. The molecule has 0 bridgehead atoms. The van der Waals surface area contributed by atoms with E-state index in [2.05, 4.69) is 5.32 Å². The van der Waals surface area contributed by atoms with E-state index in [1.165, 1.54) is 0 Å². The van der Waals surface area contributed by atoms with Gasteiger partial charge in [0.25, 0.3) is 0 Å². The van der Waals surface area contributed by atoms with Crippen molar-refractivity contribution in [2.24, 2.45) is 5.73 Å². The fourth-order valence-electron chi connectivity index (χ4n) is 2.20. The van der Waals surface area contributed by atoms with E-state index in [1.54, 1.807) is 12.0 Å². The maximum atomic E-state index is 11.8. The van der Waals surface area contributed by atoms with Crippen molar-refractivity contribution in [3.05, 3.63) is 0 Å². The first-order chi connectivity index (χ1) is 9.04. The van der Waals surface area contributed by atoms with E-state index in [1.807, 2.05) is 6.92 Å². The second kappa shape index (κ2) is 8.12. The summed E-state index contributed by atoms with van der Waals surface area (Å²) in [5.74, 6) is 0.0146. The van der Waals surface area contributed by atoms with E-state index >= 15 is 0 Å². The summed E-state index contributed by atoms with van der Waals surface area (Å²) in [6.45, 7) is 3.86. The third-order valence-electron chi connectivity index (χ3n) is 3.25. The molecule has 0 aliphatic carbocycles. The van der Waals surface area contributed by atoms with Gasteiger partial charge in [-0.15, -0.1) is 0 Å². The van der Waals surface area contributed by atoms with Crippen LogP contribution in [0.5, 0.6) is 0 Å². The molecule has 110 valence electrons. The number of methoxy groups -OCH3 is 1. The van der Waals surface area contributed by atoms with E-state index in [-0.39, 0.29) is 17.9 Å². The highest BCUT2D eigenvalue weighted by atomic mass is 16.5. The number of nitrogens with zero attached hydrogens (tertiary/aromatic N) is 1. The Balaban J connectivity index is 2.24. The fraction of sp³-hybridized carbons (Fsp3) is 0.846. The number of carbonyl (C=O) groups is 2. The average Bonchev–Trinajstić information content (AvgIpc) is 2.75. The van der Waals surface area contributed by atoms with E-state index in [0.29, 0.717) is 26.0 Å². The normalized spacial score (nSPS) is 18.5. The zero-order valence-corrected chi connectivity index (χ0v) is 11.9. The summed E-state index contributed by atoms with van der Waals surface area (Å²) < 4.78 is 4.92. The van der Waals surface area contributed by atoms with Crippen molar-refractivity contribution >= 4 is 11.8 Å². The number of nitrogens with one attached hydrogen (secondary N) is 1. The van der Waals surface area contributed by atoms with Gasteiger partial charge in [-0.2, -0.15) is 0 Å². The van der Waals surface area contributed by atoms with Crippen LogP contribution < -0.4 is 11.1 Å². The molecule has 3 N–H and O–H groups in total.